The van der Waals surface area contributed by atoms with Crippen LogP contribution in [-0.4, -0.2) is 58.9 Å². The molecule has 1 aliphatic rings. The van der Waals surface area contributed by atoms with Crippen LogP contribution in [0.15, 0.2) is 67.5 Å². The van der Waals surface area contributed by atoms with E-state index in [4.69, 9.17) is 11.6 Å². The van der Waals surface area contributed by atoms with Crippen molar-refractivity contribution >= 4 is 17.5 Å². The summed E-state index contributed by atoms with van der Waals surface area (Å²) in [6.07, 6.45) is 8.27. The van der Waals surface area contributed by atoms with Crippen LogP contribution in [0.5, 0.6) is 0 Å². The first-order valence-corrected chi connectivity index (χ1v) is 12.7. The van der Waals surface area contributed by atoms with Crippen LogP contribution in [0, 0.1) is 17.0 Å². The summed E-state index contributed by atoms with van der Waals surface area (Å²) in [5, 5.41) is 28.9. The predicted molar refractivity (Wildman–Crippen MR) is 138 cm³/mol. The number of aromatic nitrogens is 8. The van der Waals surface area contributed by atoms with Gasteiger partial charge >= 0.3 is 0 Å². The number of hydrogen-bond donors (Lipinski definition) is 0. The average molecular weight is 564 g/mol. The first kappa shape index (κ1) is 25.5. The molecule has 4 aromatic heterocycles. The maximum Gasteiger partial charge on any atom is 0.222 e. The molecule has 6 rings (SSSR count). The van der Waals surface area contributed by atoms with Gasteiger partial charge in [-0.2, -0.15) is 18.9 Å². The Kier molecular flexibility index (Phi) is 6.64. The summed E-state index contributed by atoms with van der Waals surface area (Å²) in [4.78, 5) is 17.7. The monoisotopic (exact) mass is 563 g/mol. The molecule has 202 valence electrons. The third-order valence-corrected chi connectivity index (χ3v) is 7.08. The molecule has 1 amide bonds. The highest BCUT2D eigenvalue weighted by Crippen LogP contribution is 2.33. The number of carbonyl (C=O) groups is 1. The van der Waals surface area contributed by atoms with Crippen LogP contribution < -0.4 is 4.73 Å². The van der Waals surface area contributed by atoms with Crippen LogP contribution in [0.4, 0.5) is 8.78 Å². The van der Waals surface area contributed by atoms with Crippen molar-refractivity contribution in [2.75, 3.05) is 13.1 Å². The Bertz CT molecular complexity index is 1710. The molecule has 0 spiro atoms. The van der Waals surface area contributed by atoms with E-state index >= 15 is 4.39 Å². The van der Waals surface area contributed by atoms with E-state index < -0.39 is 17.8 Å². The minimum absolute atomic E-state index is 0.0188. The summed E-state index contributed by atoms with van der Waals surface area (Å²) in [5.74, 6) is -1.38. The summed E-state index contributed by atoms with van der Waals surface area (Å²) in [5.41, 5.74) is 2.02. The lowest BCUT2D eigenvalue weighted by atomic mass is 10.0. The van der Waals surface area contributed by atoms with Crippen molar-refractivity contribution in [3.05, 3.63) is 95.2 Å². The molecule has 1 atom stereocenters. The smallest absolute Gasteiger partial charge is 0.222 e. The van der Waals surface area contributed by atoms with Gasteiger partial charge in [-0.15, -0.1) is 5.10 Å². The second-order valence-corrected chi connectivity index (χ2v) is 9.62. The highest BCUT2D eigenvalue weighted by Gasteiger charge is 2.31. The van der Waals surface area contributed by atoms with Gasteiger partial charge in [-0.1, -0.05) is 11.6 Å². The average Bonchev–Trinajstić information content (AvgIpc) is 3.72. The van der Waals surface area contributed by atoms with Crippen LogP contribution in [0.1, 0.15) is 24.6 Å². The topological polar surface area (TPSA) is 122 Å². The number of pyridine rings is 2. The lowest BCUT2D eigenvalue weighted by molar-refractivity contribution is -0.615. The summed E-state index contributed by atoms with van der Waals surface area (Å²) in [6, 6.07) is 8.33. The van der Waals surface area contributed by atoms with E-state index in [1.165, 1.54) is 35.5 Å². The van der Waals surface area contributed by atoms with Crippen molar-refractivity contribution in [3.8, 4) is 27.9 Å². The second-order valence-electron chi connectivity index (χ2n) is 9.21. The van der Waals surface area contributed by atoms with Crippen LogP contribution >= 0.6 is 11.6 Å². The fraction of sp³-hybridized carbons (Fsp3) is 0.192. The van der Waals surface area contributed by atoms with Gasteiger partial charge in [0.15, 0.2) is 18.1 Å². The van der Waals surface area contributed by atoms with E-state index in [1.54, 1.807) is 46.2 Å². The minimum atomic E-state index is -0.733. The van der Waals surface area contributed by atoms with Crippen molar-refractivity contribution in [2.24, 2.45) is 0 Å². The third kappa shape index (κ3) is 4.75. The van der Waals surface area contributed by atoms with Gasteiger partial charge in [-0.05, 0) is 46.7 Å². The quantitative estimate of drug-likeness (QED) is 0.169. The van der Waals surface area contributed by atoms with Crippen molar-refractivity contribution in [1.82, 2.24) is 39.9 Å². The summed E-state index contributed by atoms with van der Waals surface area (Å²) >= 11 is 6.07. The van der Waals surface area contributed by atoms with Crippen LogP contribution in [0.25, 0.3) is 27.9 Å². The summed E-state index contributed by atoms with van der Waals surface area (Å²) in [6.45, 7) is 0.743. The first-order valence-electron chi connectivity index (χ1n) is 12.3. The Hall–Kier alpha value is -4.78. The highest BCUT2D eigenvalue weighted by molar-refractivity contribution is 6.31. The number of likely N-dealkylation sites (tertiary alicyclic amines) is 1. The van der Waals surface area contributed by atoms with E-state index in [0.29, 0.717) is 34.5 Å². The lowest BCUT2D eigenvalue weighted by Crippen LogP contribution is -2.40. The number of halogens is 3. The summed E-state index contributed by atoms with van der Waals surface area (Å²) in [7, 11) is 0. The lowest BCUT2D eigenvalue weighted by Gasteiger charge is -2.23. The molecule has 0 radical (unpaired) electrons. The van der Waals surface area contributed by atoms with Gasteiger partial charge in [-0.3, -0.25) is 9.48 Å². The fourth-order valence-corrected chi connectivity index (χ4v) is 4.99. The molecule has 14 heteroatoms. The number of rotatable bonds is 7. The van der Waals surface area contributed by atoms with Gasteiger partial charge in [0, 0.05) is 43.1 Å². The largest absolute Gasteiger partial charge is 0.618 e. The van der Waals surface area contributed by atoms with E-state index in [-0.39, 0.29) is 34.3 Å². The molecule has 5 aromatic rings. The Labute approximate surface area is 230 Å². The number of tetrazole rings is 1. The van der Waals surface area contributed by atoms with Crippen molar-refractivity contribution in [2.45, 2.75) is 18.9 Å². The number of nitrogens with zero attached hydrogens (tertiary/aromatic N) is 9. The molecule has 0 saturated carbocycles. The SMILES string of the molecule is O=C1CCCN1C[C@H](c1ccc(-c2c(-n3cnnn3)ccc(Cl)c2F)c[n+]1[O-])n1cc(-c2ccnc(F)c2)cn1. The molecule has 1 aliphatic heterocycles. The molecular formula is C26H20ClF2N9O2. The maximum atomic E-state index is 15.3. The second kappa shape index (κ2) is 10.4. The molecule has 5 heterocycles. The molecule has 1 fully saturated rings. The maximum absolute atomic E-state index is 15.3. The zero-order valence-corrected chi connectivity index (χ0v) is 21.5. The van der Waals surface area contributed by atoms with E-state index in [1.807, 2.05) is 0 Å². The Morgan fingerprint density at radius 1 is 1.12 bits per heavy atom. The zero-order chi connectivity index (χ0) is 27.8. The predicted octanol–water partition coefficient (Wildman–Crippen LogP) is 3.36. The molecule has 0 N–H and O–H groups in total. The van der Waals surface area contributed by atoms with Crippen LogP contribution in [0.3, 0.4) is 0 Å². The van der Waals surface area contributed by atoms with Crippen LogP contribution in [-0.2, 0) is 4.79 Å². The highest BCUT2D eigenvalue weighted by atomic mass is 35.5. The van der Waals surface area contributed by atoms with Gasteiger partial charge in [0.25, 0.3) is 0 Å². The zero-order valence-electron chi connectivity index (χ0n) is 20.7. The standard InChI is InChI=1S/C26H20ClF2N9O2/c27-19-4-6-21(37-15-31-33-34-37)25(26(19)29)17-3-5-20(38(40)13-17)22(14-35-9-1-2-24(35)39)36-12-18(11-32-36)16-7-8-30-23(28)10-16/h3-8,10-13,15,22H,1-2,9,14H2/t22-/m1/s1. The molecule has 0 aliphatic carbocycles. The fourth-order valence-electron chi connectivity index (χ4n) is 4.83. The van der Waals surface area contributed by atoms with Crippen molar-refractivity contribution in [3.63, 3.8) is 0 Å². The molecule has 0 unspecified atom stereocenters. The minimum Gasteiger partial charge on any atom is -0.618 e. The van der Waals surface area contributed by atoms with Gasteiger partial charge < -0.3 is 10.1 Å². The number of amides is 1. The van der Waals surface area contributed by atoms with Gasteiger partial charge in [0.2, 0.25) is 17.5 Å². The molecule has 1 saturated heterocycles. The number of carbonyl (C=O) groups excluding carboxylic acids is 1. The summed E-state index contributed by atoms with van der Waals surface area (Å²) < 4.78 is 32.5. The van der Waals surface area contributed by atoms with Gasteiger partial charge in [0.05, 0.1) is 34.6 Å². The third-order valence-electron chi connectivity index (χ3n) is 6.79. The van der Waals surface area contributed by atoms with E-state index in [0.717, 1.165) is 6.42 Å². The normalized spacial score (nSPS) is 14.2. The number of hydrogen-bond acceptors (Lipinski definition) is 7. The van der Waals surface area contributed by atoms with Crippen LogP contribution in [0.2, 0.25) is 5.02 Å². The van der Waals surface area contributed by atoms with Gasteiger partial charge in [-0.25, -0.2) is 9.37 Å². The molecule has 0 bridgehead atoms. The molecule has 1 aromatic carbocycles. The Balaban J connectivity index is 1.42. The van der Waals surface area contributed by atoms with Gasteiger partial charge in [0.1, 0.15) is 6.33 Å². The first-order chi connectivity index (χ1) is 19.4. The molecule has 11 nitrogen and oxygen atoms in total. The van der Waals surface area contributed by atoms with E-state index in [9.17, 15) is 14.4 Å². The van der Waals surface area contributed by atoms with E-state index in [2.05, 4.69) is 25.6 Å². The molecular weight excluding hydrogens is 544 g/mol. The Morgan fingerprint density at radius 2 is 2.00 bits per heavy atom. The number of benzene rings is 1. The van der Waals surface area contributed by atoms with Crippen molar-refractivity contribution in [1.29, 1.82) is 0 Å². The van der Waals surface area contributed by atoms with Crippen molar-refractivity contribution < 1.29 is 18.3 Å². The Morgan fingerprint density at radius 3 is 2.73 bits per heavy atom. The molecule has 40 heavy (non-hydrogen) atoms.